The molecule has 1 fully saturated rings. The molecule has 0 aromatic heterocycles. The van der Waals surface area contributed by atoms with Gasteiger partial charge in [-0.15, -0.1) is 0 Å². The number of urea groups is 1. The second-order valence-corrected chi connectivity index (χ2v) is 4.44. The van der Waals surface area contributed by atoms with Gasteiger partial charge in [0.1, 0.15) is 5.75 Å². The molecule has 104 valence electrons. The van der Waals surface area contributed by atoms with E-state index in [1.807, 2.05) is 0 Å². The van der Waals surface area contributed by atoms with Gasteiger partial charge in [0.15, 0.2) is 6.23 Å². The van der Waals surface area contributed by atoms with Crippen LogP contribution in [0.25, 0.3) is 0 Å². The first-order valence-electron chi connectivity index (χ1n) is 5.38. The first-order chi connectivity index (χ1) is 8.79. The molecule has 1 aliphatic heterocycles. The van der Waals surface area contributed by atoms with Crippen LogP contribution in [0.15, 0.2) is 18.2 Å². The lowest BCUT2D eigenvalue weighted by Gasteiger charge is -2.39. The number of carbonyl (C=O) groups is 1. The molecule has 0 aliphatic carbocycles. The van der Waals surface area contributed by atoms with Gasteiger partial charge in [-0.2, -0.15) is 13.2 Å². The monoisotopic (exact) mass is 294 g/mol. The van der Waals surface area contributed by atoms with Gasteiger partial charge in [0, 0.05) is 13.0 Å². The van der Waals surface area contributed by atoms with Crippen molar-refractivity contribution in [1.29, 1.82) is 0 Å². The van der Waals surface area contributed by atoms with Gasteiger partial charge >= 0.3 is 12.2 Å². The number of hydrogen-bond acceptors (Lipinski definition) is 2. The maximum absolute atomic E-state index is 12.4. The number of alkyl halides is 3. The third-order valence-corrected chi connectivity index (χ3v) is 3.07. The van der Waals surface area contributed by atoms with Gasteiger partial charge in [-0.25, -0.2) is 4.79 Å². The van der Waals surface area contributed by atoms with E-state index in [0.717, 1.165) is 18.2 Å². The van der Waals surface area contributed by atoms with Crippen LogP contribution in [-0.2, 0) is 6.18 Å². The summed E-state index contributed by atoms with van der Waals surface area (Å²) in [5, 5.41) is -0.161. The number of carbonyl (C=O) groups excluding carboxylic acids is 1. The zero-order valence-corrected chi connectivity index (χ0v) is 10.3. The first-order valence-corrected chi connectivity index (χ1v) is 5.76. The summed E-state index contributed by atoms with van der Waals surface area (Å²) in [6.07, 6.45) is -4.48. The minimum absolute atomic E-state index is 0.0885. The number of benzene rings is 1. The van der Waals surface area contributed by atoms with Crippen LogP contribution >= 0.6 is 11.6 Å². The van der Waals surface area contributed by atoms with Gasteiger partial charge in [-0.05, 0) is 18.2 Å². The van der Waals surface area contributed by atoms with Gasteiger partial charge in [0.05, 0.1) is 10.6 Å². The summed E-state index contributed by atoms with van der Waals surface area (Å²) in [7, 11) is 0. The largest absolute Gasteiger partial charge is 0.469 e. The molecule has 4 nitrogen and oxygen atoms in total. The van der Waals surface area contributed by atoms with E-state index in [9.17, 15) is 18.0 Å². The summed E-state index contributed by atoms with van der Waals surface area (Å²) in [4.78, 5) is 12.2. The van der Waals surface area contributed by atoms with E-state index in [2.05, 4.69) is 0 Å². The maximum Gasteiger partial charge on any atom is 0.416 e. The van der Waals surface area contributed by atoms with Crippen LogP contribution in [0.2, 0.25) is 5.02 Å². The van der Waals surface area contributed by atoms with Gasteiger partial charge in [0.2, 0.25) is 0 Å². The molecule has 1 unspecified atom stereocenters. The first kappa shape index (κ1) is 13.8. The second kappa shape index (κ2) is 4.80. The number of halogens is 4. The van der Waals surface area contributed by atoms with Crippen molar-refractivity contribution in [2.75, 3.05) is 6.54 Å². The molecule has 2 rings (SSSR count). The summed E-state index contributed by atoms with van der Waals surface area (Å²) in [5.74, 6) is 0.0885. The van der Waals surface area contributed by atoms with E-state index in [-0.39, 0.29) is 10.8 Å². The molecule has 1 saturated heterocycles. The molecule has 0 radical (unpaired) electrons. The minimum Gasteiger partial charge on any atom is -0.469 e. The Balaban J connectivity index is 2.12. The van der Waals surface area contributed by atoms with Crippen LogP contribution in [-0.4, -0.2) is 23.7 Å². The van der Waals surface area contributed by atoms with Crippen molar-refractivity contribution in [3.05, 3.63) is 28.8 Å². The van der Waals surface area contributed by atoms with Crippen molar-refractivity contribution in [3.8, 4) is 5.75 Å². The van der Waals surface area contributed by atoms with Crippen LogP contribution in [0.3, 0.4) is 0 Å². The zero-order chi connectivity index (χ0) is 14.2. The highest BCUT2D eigenvalue weighted by Gasteiger charge is 2.34. The average molecular weight is 295 g/mol. The second-order valence-electron chi connectivity index (χ2n) is 4.04. The predicted octanol–water partition coefficient (Wildman–Crippen LogP) is 2.85. The van der Waals surface area contributed by atoms with Crippen molar-refractivity contribution >= 4 is 17.6 Å². The molecule has 19 heavy (non-hydrogen) atoms. The summed E-state index contributed by atoms with van der Waals surface area (Å²) in [6.45, 7) is 0.457. The van der Waals surface area contributed by atoms with Crippen molar-refractivity contribution < 1.29 is 22.7 Å². The topological polar surface area (TPSA) is 55.6 Å². The highest BCUT2D eigenvalue weighted by atomic mass is 35.5. The fourth-order valence-corrected chi connectivity index (χ4v) is 1.88. The van der Waals surface area contributed by atoms with Crippen LogP contribution in [0.5, 0.6) is 5.75 Å². The Morgan fingerprint density at radius 2 is 2.16 bits per heavy atom. The summed E-state index contributed by atoms with van der Waals surface area (Å²) in [5.41, 5.74) is 4.23. The smallest absolute Gasteiger partial charge is 0.416 e. The fraction of sp³-hybridized carbons (Fsp3) is 0.364. The number of primary amides is 1. The summed E-state index contributed by atoms with van der Waals surface area (Å²) < 4.78 is 42.7. The van der Waals surface area contributed by atoms with E-state index in [0.29, 0.717) is 13.0 Å². The lowest BCUT2D eigenvalue weighted by atomic mass is 10.2. The Morgan fingerprint density at radius 3 is 2.58 bits per heavy atom. The number of rotatable bonds is 2. The van der Waals surface area contributed by atoms with Gasteiger partial charge in [0.25, 0.3) is 0 Å². The summed E-state index contributed by atoms with van der Waals surface area (Å²) in [6, 6.07) is 2.14. The van der Waals surface area contributed by atoms with E-state index in [4.69, 9.17) is 22.1 Å². The molecular formula is C11H10ClF3N2O2. The maximum atomic E-state index is 12.4. The average Bonchev–Trinajstić information content (AvgIpc) is 2.23. The van der Waals surface area contributed by atoms with Gasteiger partial charge in [-0.3, -0.25) is 4.90 Å². The number of nitrogens with zero attached hydrogens (tertiary/aromatic N) is 1. The number of amides is 2. The van der Waals surface area contributed by atoms with Crippen LogP contribution in [0, 0.1) is 0 Å². The number of ether oxygens (including phenoxy) is 1. The molecule has 0 spiro atoms. The molecule has 1 aromatic carbocycles. The molecule has 1 aliphatic rings. The van der Waals surface area contributed by atoms with Crippen molar-refractivity contribution in [2.45, 2.75) is 18.8 Å². The molecule has 1 aromatic rings. The molecule has 0 saturated carbocycles. The molecule has 1 heterocycles. The van der Waals surface area contributed by atoms with Crippen molar-refractivity contribution in [2.24, 2.45) is 5.73 Å². The van der Waals surface area contributed by atoms with E-state index in [1.54, 1.807) is 0 Å². The highest BCUT2D eigenvalue weighted by Crippen LogP contribution is 2.35. The summed E-state index contributed by atoms with van der Waals surface area (Å²) >= 11 is 5.73. The lowest BCUT2D eigenvalue weighted by Crippen LogP contribution is -2.56. The van der Waals surface area contributed by atoms with Gasteiger partial charge in [-0.1, -0.05) is 11.6 Å². The molecule has 2 amide bonds. The third kappa shape index (κ3) is 2.86. The van der Waals surface area contributed by atoms with E-state index < -0.39 is 24.0 Å². The predicted molar refractivity (Wildman–Crippen MR) is 61.8 cm³/mol. The number of hydrogen-bond donors (Lipinski definition) is 1. The fourth-order valence-electron chi connectivity index (χ4n) is 1.66. The minimum atomic E-state index is -4.46. The number of nitrogens with two attached hydrogens (primary N) is 1. The molecule has 1 atom stereocenters. The molecule has 2 N–H and O–H groups in total. The van der Waals surface area contributed by atoms with Gasteiger partial charge < -0.3 is 10.5 Å². The standard InChI is InChI=1S/C11H10ClF3N2O2/c12-7-5-6(11(13,14)15)1-2-8(7)19-9-3-4-17(9)10(16)18/h1-2,5,9H,3-4H2,(H2,16,18). The van der Waals surface area contributed by atoms with E-state index >= 15 is 0 Å². The lowest BCUT2D eigenvalue weighted by molar-refractivity contribution is -0.137. The SMILES string of the molecule is NC(=O)N1CCC1Oc1ccc(C(F)(F)F)cc1Cl. The Kier molecular flexibility index (Phi) is 3.49. The highest BCUT2D eigenvalue weighted by molar-refractivity contribution is 6.32. The zero-order valence-electron chi connectivity index (χ0n) is 9.58. The van der Waals surface area contributed by atoms with Crippen LogP contribution in [0.4, 0.5) is 18.0 Å². The van der Waals surface area contributed by atoms with Crippen LogP contribution in [0.1, 0.15) is 12.0 Å². The van der Waals surface area contributed by atoms with Crippen molar-refractivity contribution in [1.82, 2.24) is 4.90 Å². The Bertz CT molecular complexity index is 507. The normalized spacial score (nSPS) is 18.9. The third-order valence-electron chi connectivity index (χ3n) is 2.77. The molecular weight excluding hydrogens is 285 g/mol. The molecule has 0 bridgehead atoms. The molecule has 8 heteroatoms. The Morgan fingerprint density at radius 1 is 1.47 bits per heavy atom. The Hall–Kier alpha value is -1.63. The van der Waals surface area contributed by atoms with E-state index in [1.165, 1.54) is 4.90 Å². The van der Waals surface area contributed by atoms with Crippen LogP contribution < -0.4 is 10.5 Å². The quantitative estimate of drug-likeness (QED) is 0.912. The Labute approximate surface area is 111 Å². The van der Waals surface area contributed by atoms with Crippen molar-refractivity contribution in [3.63, 3.8) is 0 Å². The number of likely N-dealkylation sites (tertiary alicyclic amines) is 1.